The lowest BCUT2D eigenvalue weighted by molar-refractivity contribution is 0.0582. The molecule has 0 saturated carbocycles. The molecule has 1 unspecified atom stereocenters. The molecule has 5 nitrogen and oxygen atoms in total. The zero-order chi connectivity index (χ0) is 8.97. The van der Waals surface area contributed by atoms with Crippen LogP contribution in [0.4, 0.5) is 0 Å². The van der Waals surface area contributed by atoms with Gasteiger partial charge in [0.1, 0.15) is 6.04 Å². The zero-order valence-electron chi connectivity index (χ0n) is 7.13. The summed E-state index contributed by atoms with van der Waals surface area (Å²) in [6.45, 7) is 1.80. The Morgan fingerprint density at radius 1 is 1.83 bits per heavy atom. The number of hydrogen-bond donors (Lipinski definition) is 3. The average Bonchev–Trinajstić information content (AvgIpc) is 2.36. The van der Waals surface area contributed by atoms with Gasteiger partial charge in [-0.05, 0) is 31.3 Å². The van der Waals surface area contributed by atoms with E-state index in [9.17, 15) is 0 Å². The summed E-state index contributed by atoms with van der Waals surface area (Å²) in [4.78, 5) is 4.59. The molecule has 68 valence electrons. The van der Waals surface area contributed by atoms with Crippen LogP contribution >= 0.6 is 0 Å². The van der Waals surface area contributed by atoms with E-state index in [0.717, 1.165) is 19.3 Å². The van der Waals surface area contributed by atoms with Crippen molar-refractivity contribution in [3.63, 3.8) is 0 Å². The molecule has 1 aliphatic rings. The molecule has 1 heterocycles. The second-order valence-corrected chi connectivity index (χ2v) is 2.95. The van der Waals surface area contributed by atoms with Gasteiger partial charge in [-0.1, -0.05) is 0 Å². The lowest BCUT2D eigenvalue weighted by Gasteiger charge is -2.06. The summed E-state index contributed by atoms with van der Waals surface area (Å²) in [6.07, 6.45) is 2.61. The fourth-order valence-corrected chi connectivity index (χ4v) is 1.04. The summed E-state index contributed by atoms with van der Waals surface area (Å²) in [7, 11) is 0. The fraction of sp³-hybridized carbons (Fsp3) is 0.714. The standard InChI is InChI=1S/C7H14N4O/c1-5(8)3-2-4-6-7(9)11-12-10-6/h6,8,10H,2-4H2,1H3,(H2,9,11). The van der Waals surface area contributed by atoms with E-state index in [2.05, 4.69) is 15.6 Å². The molecule has 1 atom stereocenters. The van der Waals surface area contributed by atoms with E-state index in [1.54, 1.807) is 6.92 Å². The van der Waals surface area contributed by atoms with Crippen LogP contribution in [0.25, 0.3) is 0 Å². The molecular weight excluding hydrogens is 156 g/mol. The molecule has 12 heavy (non-hydrogen) atoms. The first-order chi connectivity index (χ1) is 5.70. The van der Waals surface area contributed by atoms with E-state index in [1.807, 2.05) is 0 Å². The molecule has 5 heteroatoms. The minimum atomic E-state index is 0.0318. The Bertz CT molecular complexity index is 202. The quantitative estimate of drug-likeness (QED) is 0.533. The number of hydroxylamine groups is 1. The normalized spacial score (nSPS) is 21.8. The first-order valence-corrected chi connectivity index (χ1v) is 3.99. The molecule has 1 aliphatic heterocycles. The third-order valence-electron chi connectivity index (χ3n) is 1.75. The molecule has 0 fully saturated rings. The monoisotopic (exact) mass is 170 g/mol. The van der Waals surface area contributed by atoms with Crippen LogP contribution in [0, 0.1) is 5.41 Å². The number of hydrogen-bond acceptors (Lipinski definition) is 5. The van der Waals surface area contributed by atoms with Crippen molar-refractivity contribution >= 4 is 11.5 Å². The Hall–Kier alpha value is -1.10. The van der Waals surface area contributed by atoms with E-state index in [1.165, 1.54) is 0 Å². The maximum atomic E-state index is 7.21. The number of oxime groups is 1. The topological polar surface area (TPSA) is 83.5 Å². The minimum Gasteiger partial charge on any atom is -0.383 e. The Kier molecular flexibility index (Phi) is 3.04. The third kappa shape index (κ3) is 2.50. The summed E-state index contributed by atoms with van der Waals surface area (Å²) >= 11 is 0. The predicted octanol–water partition coefficient (Wildman–Crippen LogP) is 0.372. The fourth-order valence-electron chi connectivity index (χ4n) is 1.04. The Balaban J connectivity index is 2.15. The number of amidine groups is 1. The number of nitrogens with one attached hydrogen (secondary N) is 2. The van der Waals surface area contributed by atoms with Gasteiger partial charge in [0.05, 0.1) is 0 Å². The van der Waals surface area contributed by atoms with Crippen molar-refractivity contribution in [3.05, 3.63) is 0 Å². The van der Waals surface area contributed by atoms with Gasteiger partial charge in [0.2, 0.25) is 0 Å². The summed E-state index contributed by atoms with van der Waals surface area (Å²) in [5, 5.41) is 10.8. The van der Waals surface area contributed by atoms with Gasteiger partial charge in [-0.2, -0.15) is 0 Å². The van der Waals surface area contributed by atoms with Crippen LogP contribution in [0.5, 0.6) is 0 Å². The maximum absolute atomic E-state index is 7.21. The van der Waals surface area contributed by atoms with E-state index >= 15 is 0 Å². The molecule has 0 aromatic heterocycles. The molecular formula is C7H14N4O. The van der Waals surface area contributed by atoms with Crippen molar-refractivity contribution in [1.29, 1.82) is 5.41 Å². The van der Waals surface area contributed by atoms with Crippen LogP contribution in [-0.4, -0.2) is 17.6 Å². The van der Waals surface area contributed by atoms with Crippen LogP contribution in [0.15, 0.2) is 5.16 Å². The number of rotatable bonds is 4. The van der Waals surface area contributed by atoms with E-state index in [-0.39, 0.29) is 6.04 Å². The van der Waals surface area contributed by atoms with Crippen molar-refractivity contribution in [2.45, 2.75) is 32.2 Å². The lowest BCUT2D eigenvalue weighted by Crippen LogP contribution is -2.34. The highest BCUT2D eigenvalue weighted by molar-refractivity contribution is 5.86. The second-order valence-electron chi connectivity index (χ2n) is 2.95. The van der Waals surface area contributed by atoms with Crippen molar-refractivity contribution in [1.82, 2.24) is 5.48 Å². The van der Waals surface area contributed by atoms with E-state index in [4.69, 9.17) is 11.1 Å². The summed E-state index contributed by atoms with van der Waals surface area (Å²) < 4.78 is 0. The third-order valence-corrected chi connectivity index (χ3v) is 1.75. The predicted molar refractivity (Wildman–Crippen MR) is 46.9 cm³/mol. The molecule has 1 rings (SSSR count). The minimum absolute atomic E-state index is 0.0318. The van der Waals surface area contributed by atoms with Gasteiger partial charge >= 0.3 is 0 Å². The first kappa shape index (κ1) is 8.99. The van der Waals surface area contributed by atoms with Crippen molar-refractivity contribution in [2.24, 2.45) is 10.9 Å². The van der Waals surface area contributed by atoms with Crippen molar-refractivity contribution < 1.29 is 4.94 Å². The Labute approximate surface area is 71.4 Å². The van der Waals surface area contributed by atoms with Crippen molar-refractivity contribution in [3.8, 4) is 0 Å². The number of nitrogens with zero attached hydrogens (tertiary/aromatic N) is 1. The SMILES string of the molecule is CC(=N)CCCC1NON=C1N. The zero-order valence-corrected chi connectivity index (χ0v) is 7.13. The molecule has 0 aliphatic carbocycles. The Morgan fingerprint density at radius 3 is 3.08 bits per heavy atom. The van der Waals surface area contributed by atoms with Crippen LogP contribution < -0.4 is 11.2 Å². The highest BCUT2D eigenvalue weighted by Gasteiger charge is 2.18. The first-order valence-electron chi connectivity index (χ1n) is 3.99. The molecule has 0 aromatic rings. The van der Waals surface area contributed by atoms with Gasteiger partial charge in [0.15, 0.2) is 5.84 Å². The van der Waals surface area contributed by atoms with E-state index in [0.29, 0.717) is 11.5 Å². The van der Waals surface area contributed by atoms with Gasteiger partial charge in [-0.3, -0.25) is 4.94 Å². The smallest absolute Gasteiger partial charge is 0.162 e. The van der Waals surface area contributed by atoms with Crippen LogP contribution in [0.2, 0.25) is 0 Å². The van der Waals surface area contributed by atoms with E-state index < -0.39 is 0 Å². The van der Waals surface area contributed by atoms with Gasteiger partial charge in [0, 0.05) is 5.71 Å². The molecule has 0 bridgehead atoms. The van der Waals surface area contributed by atoms with Gasteiger partial charge in [-0.15, -0.1) is 5.48 Å². The lowest BCUT2D eigenvalue weighted by atomic mass is 10.1. The van der Waals surface area contributed by atoms with Crippen LogP contribution in [0.3, 0.4) is 0 Å². The highest BCUT2D eigenvalue weighted by Crippen LogP contribution is 2.05. The number of nitrogens with two attached hydrogens (primary N) is 1. The second kappa shape index (κ2) is 4.06. The average molecular weight is 170 g/mol. The summed E-state index contributed by atoms with van der Waals surface area (Å²) in [5.74, 6) is 0.498. The highest BCUT2D eigenvalue weighted by atomic mass is 16.8. The van der Waals surface area contributed by atoms with Crippen LogP contribution in [-0.2, 0) is 4.94 Å². The van der Waals surface area contributed by atoms with Crippen LogP contribution in [0.1, 0.15) is 26.2 Å². The molecule has 0 aromatic carbocycles. The largest absolute Gasteiger partial charge is 0.383 e. The molecule has 0 saturated heterocycles. The van der Waals surface area contributed by atoms with Crippen molar-refractivity contribution in [2.75, 3.05) is 0 Å². The molecule has 0 amide bonds. The summed E-state index contributed by atoms with van der Waals surface area (Å²) in [5.41, 5.74) is 8.88. The molecule has 4 N–H and O–H groups in total. The molecule has 0 radical (unpaired) electrons. The molecule has 0 spiro atoms. The summed E-state index contributed by atoms with van der Waals surface area (Å²) in [6, 6.07) is 0.0318. The maximum Gasteiger partial charge on any atom is 0.162 e. The Morgan fingerprint density at radius 2 is 2.58 bits per heavy atom. The van der Waals surface area contributed by atoms with Gasteiger partial charge < -0.3 is 11.1 Å². The van der Waals surface area contributed by atoms with Gasteiger partial charge in [-0.25, -0.2) is 0 Å². The van der Waals surface area contributed by atoms with Gasteiger partial charge in [0.25, 0.3) is 0 Å².